The molecule has 0 heterocycles. The van der Waals surface area contributed by atoms with Gasteiger partial charge in [0.15, 0.2) is 0 Å². The van der Waals surface area contributed by atoms with Gasteiger partial charge in [-0.25, -0.2) is 4.39 Å². The van der Waals surface area contributed by atoms with E-state index in [-0.39, 0.29) is 10.6 Å². The third-order valence-electron chi connectivity index (χ3n) is 3.31. The van der Waals surface area contributed by atoms with Crippen molar-refractivity contribution >= 4 is 27.5 Å². The molecule has 0 aromatic heterocycles. The highest BCUT2D eigenvalue weighted by atomic mass is 79.9. The summed E-state index contributed by atoms with van der Waals surface area (Å²) in [5.41, 5.74) is 4.81. The van der Waals surface area contributed by atoms with Crippen LogP contribution in [-0.2, 0) is 0 Å². The lowest BCUT2D eigenvalue weighted by atomic mass is 9.98. The van der Waals surface area contributed by atoms with Crippen molar-refractivity contribution in [2.24, 2.45) is 0 Å². The Morgan fingerprint density at radius 3 is 2.32 bits per heavy atom. The summed E-state index contributed by atoms with van der Waals surface area (Å²) in [5, 5.41) is 0.760. The molecular formula is C16H15BrClF. The van der Waals surface area contributed by atoms with Crippen molar-refractivity contribution in [3.63, 3.8) is 0 Å². The van der Waals surface area contributed by atoms with E-state index in [0.29, 0.717) is 5.56 Å². The first-order valence-corrected chi connectivity index (χ1v) is 7.36. The molecule has 100 valence electrons. The SMILES string of the molecule is Cc1ccc(C(Br)c2cc(C)c(Cl)cc2C)cc1F. The highest BCUT2D eigenvalue weighted by Gasteiger charge is 2.15. The van der Waals surface area contributed by atoms with Crippen LogP contribution in [0, 0.1) is 26.6 Å². The normalized spacial score (nSPS) is 12.5. The molecule has 2 aromatic rings. The summed E-state index contributed by atoms with van der Waals surface area (Å²) < 4.78 is 13.7. The van der Waals surface area contributed by atoms with E-state index in [1.807, 2.05) is 26.0 Å². The Kier molecular flexibility index (Phi) is 4.32. The second-order valence-corrected chi connectivity index (χ2v) is 6.15. The Balaban J connectivity index is 2.46. The maximum Gasteiger partial charge on any atom is 0.126 e. The van der Waals surface area contributed by atoms with Gasteiger partial charge in [0.1, 0.15) is 5.82 Å². The third-order valence-corrected chi connectivity index (χ3v) is 4.74. The largest absolute Gasteiger partial charge is 0.207 e. The van der Waals surface area contributed by atoms with E-state index in [0.717, 1.165) is 27.3 Å². The summed E-state index contributed by atoms with van der Waals surface area (Å²) in [7, 11) is 0. The predicted octanol–water partition coefficient (Wildman–Crippen LogP) is 5.89. The molecule has 0 fully saturated rings. The second-order valence-electron chi connectivity index (χ2n) is 4.83. The maximum absolute atomic E-state index is 13.7. The van der Waals surface area contributed by atoms with Crippen LogP contribution in [0.5, 0.6) is 0 Å². The van der Waals surface area contributed by atoms with Crippen LogP contribution in [0.4, 0.5) is 4.39 Å². The molecule has 0 aliphatic rings. The molecule has 1 atom stereocenters. The molecule has 0 radical (unpaired) electrons. The Labute approximate surface area is 126 Å². The zero-order valence-corrected chi connectivity index (χ0v) is 13.4. The molecule has 0 aliphatic heterocycles. The summed E-state index contributed by atoms with van der Waals surface area (Å²) >= 11 is 9.76. The molecule has 0 spiro atoms. The van der Waals surface area contributed by atoms with Gasteiger partial charge in [-0.1, -0.05) is 45.7 Å². The molecule has 19 heavy (non-hydrogen) atoms. The van der Waals surface area contributed by atoms with Crippen molar-refractivity contribution in [2.45, 2.75) is 25.6 Å². The van der Waals surface area contributed by atoms with E-state index in [1.165, 1.54) is 0 Å². The van der Waals surface area contributed by atoms with Gasteiger partial charge in [0.05, 0.1) is 4.83 Å². The summed E-state index contributed by atoms with van der Waals surface area (Å²) in [5.74, 6) is -0.176. The molecule has 0 saturated carbocycles. The Morgan fingerprint density at radius 1 is 1.00 bits per heavy atom. The summed E-state index contributed by atoms with van der Waals surface area (Å²) in [6, 6.07) is 9.33. The van der Waals surface area contributed by atoms with Crippen molar-refractivity contribution in [1.82, 2.24) is 0 Å². The summed E-state index contributed by atoms with van der Waals surface area (Å²) in [6.07, 6.45) is 0. The van der Waals surface area contributed by atoms with Crippen LogP contribution in [0.25, 0.3) is 0 Å². The van der Waals surface area contributed by atoms with Gasteiger partial charge in [0, 0.05) is 5.02 Å². The number of hydrogen-bond acceptors (Lipinski definition) is 0. The zero-order valence-electron chi connectivity index (χ0n) is 11.1. The van der Waals surface area contributed by atoms with Gasteiger partial charge in [0.2, 0.25) is 0 Å². The summed E-state index contributed by atoms with van der Waals surface area (Å²) in [4.78, 5) is -0.0291. The van der Waals surface area contributed by atoms with Crippen molar-refractivity contribution in [3.05, 3.63) is 69.0 Å². The lowest BCUT2D eigenvalue weighted by Gasteiger charge is -2.16. The highest BCUT2D eigenvalue weighted by molar-refractivity contribution is 9.09. The molecule has 0 saturated heterocycles. The van der Waals surface area contributed by atoms with Crippen LogP contribution in [0.3, 0.4) is 0 Å². The fourth-order valence-electron chi connectivity index (χ4n) is 2.02. The van der Waals surface area contributed by atoms with Gasteiger partial charge in [-0.3, -0.25) is 0 Å². The molecule has 0 nitrogen and oxygen atoms in total. The van der Waals surface area contributed by atoms with Crippen molar-refractivity contribution in [2.75, 3.05) is 0 Å². The van der Waals surface area contributed by atoms with Gasteiger partial charge in [-0.15, -0.1) is 0 Å². The standard InChI is InChI=1S/C16H15BrClF/c1-9-4-5-12(8-15(9)19)16(17)13-6-11(3)14(18)7-10(13)2/h4-8,16H,1-3H3. The molecule has 0 amide bonds. The number of aryl methyl sites for hydroxylation is 3. The fourth-order valence-corrected chi connectivity index (χ4v) is 3.02. The highest BCUT2D eigenvalue weighted by Crippen LogP contribution is 2.35. The van der Waals surface area contributed by atoms with Crippen molar-refractivity contribution < 1.29 is 4.39 Å². The van der Waals surface area contributed by atoms with Crippen LogP contribution in [0.1, 0.15) is 32.6 Å². The molecule has 1 unspecified atom stereocenters. The van der Waals surface area contributed by atoms with Crippen LogP contribution in [0.2, 0.25) is 5.02 Å². The van der Waals surface area contributed by atoms with Crippen LogP contribution in [0.15, 0.2) is 30.3 Å². The third kappa shape index (κ3) is 3.01. The summed E-state index contributed by atoms with van der Waals surface area (Å²) in [6.45, 7) is 5.75. The Morgan fingerprint density at radius 2 is 1.68 bits per heavy atom. The molecule has 0 N–H and O–H groups in total. The average Bonchev–Trinajstić information content (AvgIpc) is 2.36. The number of halogens is 3. The minimum absolute atomic E-state index is 0.0291. The fraction of sp³-hybridized carbons (Fsp3) is 0.250. The first kappa shape index (κ1) is 14.5. The van der Waals surface area contributed by atoms with E-state index in [9.17, 15) is 4.39 Å². The molecule has 2 rings (SSSR count). The molecular weight excluding hydrogens is 327 g/mol. The van der Waals surface area contributed by atoms with E-state index in [2.05, 4.69) is 22.0 Å². The number of alkyl halides is 1. The maximum atomic E-state index is 13.7. The number of benzene rings is 2. The lowest BCUT2D eigenvalue weighted by Crippen LogP contribution is -1.98. The van der Waals surface area contributed by atoms with E-state index < -0.39 is 0 Å². The first-order chi connectivity index (χ1) is 8.90. The molecule has 0 bridgehead atoms. The van der Waals surface area contributed by atoms with Gasteiger partial charge in [-0.2, -0.15) is 0 Å². The van der Waals surface area contributed by atoms with Crippen molar-refractivity contribution in [3.8, 4) is 0 Å². The van der Waals surface area contributed by atoms with E-state index >= 15 is 0 Å². The smallest absolute Gasteiger partial charge is 0.126 e. The van der Waals surface area contributed by atoms with E-state index in [4.69, 9.17) is 11.6 Å². The lowest BCUT2D eigenvalue weighted by molar-refractivity contribution is 0.616. The number of rotatable bonds is 2. The van der Waals surface area contributed by atoms with Gasteiger partial charge >= 0.3 is 0 Å². The van der Waals surface area contributed by atoms with Crippen LogP contribution < -0.4 is 0 Å². The minimum Gasteiger partial charge on any atom is -0.207 e. The average molecular weight is 342 g/mol. The second kappa shape index (κ2) is 5.64. The monoisotopic (exact) mass is 340 g/mol. The first-order valence-electron chi connectivity index (χ1n) is 6.07. The molecule has 2 aromatic carbocycles. The van der Waals surface area contributed by atoms with Crippen LogP contribution >= 0.6 is 27.5 Å². The van der Waals surface area contributed by atoms with Gasteiger partial charge < -0.3 is 0 Å². The minimum atomic E-state index is -0.176. The number of hydrogen-bond donors (Lipinski definition) is 0. The van der Waals surface area contributed by atoms with Crippen LogP contribution in [-0.4, -0.2) is 0 Å². The molecule has 0 aliphatic carbocycles. The van der Waals surface area contributed by atoms with Gasteiger partial charge in [-0.05, 0) is 60.7 Å². The van der Waals surface area contributed by atoms with Gasteiger partial charge in [0.25, 0.3) is 0 Å². The molecule has 3 heteroatoms. The topological polar surface area (TPSA) is 0 Å². The zero-order chi connectivity index (χ0) is 14.2. The van der Waals surface area contributed by atoms with E-state index in [1.54, 1.807) is 19.1 Å². The Hall–Kier alpha value is -0.860. The quantitative estimate of drug-likeness (QED) is 0.598. The predicted molar refractivity (Wildman–Crippen MR) is 82.8 cm³/mol. The Bertz CT molecular complexity index is 622. The van der Waals surface area contributed by atoms with Crippen molar-refractivity contribution in [1.29, 1.82) is 0 Å².